The standard InChI is InChI=1S/C38H26N4/c1-24-16-18-35-30(22-24)27-11-5-8-14-33(27)41(35)37-29(26-10-4-7-13-32(26)39-3)20-21-40-38(37)42-34-15-9-6-12-28(34)31-23-25(2)17-19-36(31)42/h4-23H,1-2H3. The Morgan fingerprint density at radius 3 is 1.76 bits per heavy atom. The van der Waals surface area contributed by atoms with Crippen molar-refractivity contribution in [2.24, 2.45) is 0 Å². The molecule has 3 heterocycles. The van der Waals surface area contributed by atoms with Crippen molar-refractivity contribution in [3.63, 3.8) is 0 Å². The van der Waals surface area contributed by atoms with Gasteiger partial charge in [-0.3, -0.25) is 4.57 Å². The number of pyridine rings is 1. The van der Waals surface area contributed by atoms with E-state index in [4.69, 9.17) is 11.6 Å². The molecule has 198 valence electrons. The van der Waals surface area contributed by atoms with Crippen LogP contribution >= 0.6 is 0 Å². The molecule has 0 radical (unpaired) electrons. The average Bonchev–Trinajstić information content (AvgIpc) is 3.52. The van der Waals surface area contributed by atoms with Crippen molar-refractivity contribution < 1.29 is 0 Å². The van der Waals surface area contributed by atoms with Crippen LogP contribution in [0.25, 0.3) is 71.1 Å². The zero-order valence-corrected chi connectivity index (χ0v) is 23.3. The molecule has 3 aromatic heterocycles. The predicted octanol–water partition coefficient (Wildman–Crippen LogP) is 10.1. The number of hydrogen-bond acceptors (Lipinski definition) is 1. The van der Waals surface area contributed by atoms with Crippen LogP contribution in [0.1, 0.15) is 11.1 Å². The number of aryl methyl sites for hydroxylation is 2. The Balaban J connectivity index is 1.61. The third kappa shape index (κ3) is 3.44. The minimum absolute atomic E-state index is 0.616. The van der Waals surface area contributed by atoms with Crippen LogP contribution in [0.5, 0.6) is 0 Å². The summed E-state index contributed by atoms with van der Waals surface area (Å²) >= 11 is 0. The highest BCUT2D eigenvalue weighted by atomic mass is 15.1. The van der Waals surface area contributed by atoms with E-state index in [0.717, 1.165) is 44.7 Å². The van der Waals surface area contributed by atoms with Crippen molar-refractivity contribution in [3.8, 4) is 22.6 Å². The van der Waals surface area contributed by atoms with Gasteiger partial charge in [-0.1, -0.05) is 83.9 Å². The molecule has 0 amide bonds. The highest BCUT2D eigenvalue weighted by Crippen LogP contribution is 2.43. The van der Waals surface area contributed by atoms with Crippen LogP contribution in [0.15, 0.2) is 121 Å². The highest BCUT2D eigenvalue weighted by Gasteiger charge is 2.24. The third-order valence-electron chi connectivity index (χ3n) is 8.31. The summed E-state index contributed by atoms with van der Waals surface area (Å²) < 4.78 is 4.63. The maximum atomic E-state index is 7.99. The summed E-state index contributed by atoms with van der Waals surface area (Å²) in [5.74, 6) is 0.825. The van der Waals surface area contributed by atoms with Gasteiger partial charge in [0.1, 0.15) is 0 Å². The second kappa shape index (κ2) is 9.19. The van der Waals surface area contributed by atoms with Crippen LogP contribution in [-0.4, -0.2) is 14.1 Å². The first kappa shape index (κ1) is 24.2. The quantitative estimate of drug-likeness (QED) is 0.206. The lowest BCUT2D eigenvalue weighted by Crippen LogP contribution is -2.08. The van der Waals surface area contributed by atoms with Gasteiger partial charge in [-0.2, -0.15) is 0 Å². The van der Waals surface area contributed by atoms with E-state index in [1.807, 2.05) is 30.5 Å². The molecule has 0 spiro atoms. The van der Waals surface area contributed by atoms with Gasteiger partial charge in [0.2, 0.25) is 0 Å². The summed E-state index contributed by atoms with van der Waals surface area (Å²) in [4.78, 5) is 9.06. The van der Waals surface area contributed by atoms with Crippen molar-refractivity contribution in [2.45, 2.75) is 13.8 Å². The summed E-state index contributed by atoms with van der Waals surface area (Å²) in [5.41, 5.74) is 10.3. The number of nitrogens with zero attached hydrogens (tertiary/aromatic N) is 4. The lowest BCUT2D eigenvalue weighted by molar-refractivity contribution is 1.03. The van der Waals surface area contributed by atoms with E-state index in [-0.39, 0.29) is 0 Å². The first-order valence-corrected chi connectivity index (χ1v) is 14.1. The Labute approximate surface area is 243 Å². The van der Waals surface area contributed by atoms with Crippen LogP contribution in [0.2, 0.25) is 0 Å². The minimum Gasteiger partial charge on any atom is -0.305 e. The number of aromatic nitrogens is 3. The van der Waals surface area contributed by atoms with Gasteiger partial charge in [0.05, 0.1) is 34.3 Å². The summed E-state index contributed by atoms with van der Waals surface area (Å²) in [5, 5.41) is 4.77. The topological polar surface area (TPSA) is 27.1 Å². The van der Waals surface area contributed by atoms with Gasteiger partial charge in [0, 0.05) is 33.3 Å². The second-order valence-electron chi connectivity index (χ2n) is 10.9. The first-order valence-electron chi connectivity index (χ1n) is 14.1. The second-order valence-corrected chi connectivity index (χ2v) is 10.9. The van der Waals surface area contributed by atoms with E-state index in [1.54, 1.807) is 0 Å². The van der Waals surface area contributed by atoms with Crippen LogP contribution < -0.4 is 0 Å². The maximum absolute atomic E-state index is 7.99. The molecule has 0 aliphatic carbocycles. The van der Waals surface area contributed by atoms with Gasteiger partial charge in [-0.15, -0.1) is 0 Å². The van der Waals surface area contributed by atoms with Gasteiger partial charge in [0.15, 0.2) is 11.5 Å². The number of para-hydroxylation sites is 3. The fourth-order valence-electron chi connectivity index (χ4n) is 6.49. The molecule has 0 bridgehead atoms. The summed E-state index contributed by atoms with van der Waals surface area (Å²) in [6, 6.07) is 40.3. The molecule has 8 rings (SSSR count). The van der Waals surface area contributed by atoms with Crippen LogP contribution in [0, 0.1) is 20.4 Å². The number of hydrogen-bond donors (Lipinski definition) is 0. The Kier molecular flexibility index (Phi) is 5.29. The molecule has 4 nitrogen and oxygen atoms in total. The molecule has 0 N–H and O–H groups in total. The minimum atomic E-state index is 0.616. The molecule has 0 aliphatic heterocycles. The Hall–Kier alpha value is -5.66. The molecule has 0 saturated carbocycles. The van der Waals surface area contributed by atoms with Gasteiger partial charge in [-0.25, -0.2) is 9.83 Å². The van der Waals surface area contributed by atoms with E-state index < -0.39 is 0 Å². The predicted molar refractivity (Wildman–Crippen MR) is 174 cm³/mol. The molecule has 4 heteroatoms. The Morgan fingerprint density at radius 2 is 1.10 bits per heavy atom. The first-order chi connectivity index (χ1) is 20.6. The van der Waals surface area contributed by atoms with E-state index >= 15 is 0 Å². The molecule has 0 fully saturated rings. The SMILES string of the molecule is [C-]#[N+]c1ccccc1-c1ccnc(-n2c3ccccc3c3cc(C)ccc32)c1-n1c2ccccc2c2cc(C)ccc21. The normalized spacial score (nSPS) is 11.5. The van der Waals surface area contributed by atoms with E-state index in [1.165, 1.54) is 32.7 Å². The summed E-state index contributed by atoms with van der Waals surface area (Å²) in [6.07, 6.45) is 1.88. The Morgan fingerprint density at radius 1 is 0.548 bits per heavy atom. The molecule has 8 aromatic rings. The fourth-order valence-corrected chi connectivity index (χ4v) is 6.49. The zero-order valence-electron chi connectivity index (χ0n) is 23.3. The van der Waals surface area contributed by atoms with E-state index in [0.29, 0.717) is 5.69 Å². The number of fused-ring (bicyclic) bond motifs is 6. The Bertz CT molecular complexity index is 2400. The number of rotatable bonds is 3. The molecule has 0 unspecified atom stereocenters. The molecule has 5 aromatic carbocycles. The molecule has 0 saturated heterocycles. The summed E-state index contributed by atoms with van der Waals surface area (Å²) in [6.45, 7) is 12.3. The molecule has 0 atom stereocenters. The van der Waals surface area contributed by atoms with Crippen LogP contribution in [0.4, 0.5) is 5.69 Å². The van der Waals surface area contributed by atoms with Gasteiger partial charge >= 0.3 is 0 Å². The largest absolute Gasteiger partial charge is 0.305 e. The monoisotopic (exact) mass is 538 g/mol. The van der Waals surface area contributed by atoms with E-state index in [9.17, 15) is 0 Å². The molecular weight excluding hydrogens is 512 g/mol. The van der Waals surface area contributed by atoms with Crippen LogP contribution in [0.3, 0.4) is 0 Å². The van der Waals surface area contributed by atoms with Gasteiger partial charge < -0.3 is 4.57 Å². The van der Waals surface area contributed by atoms with Crippen LogP contribution in [-0.2, 0) is 0 Å². The van der Waals surface area contributed by atoms with Crippen molar-refractivity contribution >= 4 is 49.3 Å². The highest BCUT2D eigenvalue weighted by molar-refractivity contribution is 6.12. The van der Waals surface area contributed by atoms with Crippen molar-refractivity contribution in [1.82, 2.24) is 14.1 Å². The molecule has 0 aliphatic rings. The van der Waals surface area contributed by atoms with Gasteiger partial charge in [0.25, 0.3) is 0 Å². The van der Waals surface area contributed by atoms with Crippen molar-refractivity contribution in [1.29, 1.82) is 0 Å². The van der Waals surface area contributed by atoms with Crippen molar-refractivity contribution in [3.05, 3.63) is 144 Å². The van der Waals surface area contributed by atoms with Gasteiger partial charge in [-0.05, 0) is 61.9 Å². The third-order valence-corrected chi connectivity index (χ3v) is 8.31. The fraction of sp³-hybridized carbons (Fsp3) is 0.0526. The molecular formula is C38H26N4. The lowest BCUT2D eigenvalue weighted by Gasteiger charge is -2.20. The smallest absolute Gasteiger partial charge is 0.194 e. The lowest BCUT2D eigenvalue weighted by atomic mass is 10.0. The molecule has 42 heavy (non-hydrogen) atoms. The maximum Gasteiger partial charge on any atom is 0.194 e. The zero-order chi connectivity index (χ0) is 28.4. The number of benzene rings is 5. The van der Waals surface area contributed by atoms with Crippen molar-refractivity contribution in [2.75, 3.05) is 0 Å². The average molecular weight is 539 g/mol. The summed E-state index contributed by atoms with van der Waals surface area (Å²) in [7, 11) is 0. The van der Waals surface area contributed by atoms with E-state index in [2.05, 4.69) is 119 Å².